The molecule has 180 valence electrons. The van der Waals surface area contributed by atoms with Crippen LogP contribution in [0.15, 0.2) is 58.6 Å². The molecule has 4 rings (SSSR count). The molecule has 2 aromatic rings. The van der Waals surface area contributed by atoms with Crippen LogP contribution in [0.5, 0.6) is 0 Å². The van der Waals surface area contributed by atoms with Crippen molar-refractivity contribution in [3.05, 3.63) is 54.1 Å². The number of hydrogen-bond acceptors (Lipinski definition) is 7. The van der Waals surface area contributed by atoms with Crippen LogP contribution in [0.3, 0.4) is 0 Å². The lowest BCUT2D eigenvalue weighted by Crippen LogP contribution is -2.40. The monoisotopic (exact) mass is 486 g/mol. The average Bonchev–Trinajstić information content (AvgIpc) is 3.11. The highest BCUT2D eigenvalue weighted by Gasteiger charge is 2.33. The molecule has 0 aliphatic carbocycles. The largest absolute Gasteiger partial charge is 0.385 e. The molecule has 0 bridgehead atoms. The zero-order valence-corrected chi connectivity index (χ0v) is 19.6. The number of carbonyl (C=O) groups excluding carboxylic acids is 2. The lowest BCUT2D eigenvalue weighted by molar-refractivity contribution is -0.121. The van der Waals surface area contributed by atoms with Crippen molar-refractivity contribution in [2.24, 2.45) is 5.16 Å². The molecule has 0 spiro atoms. The number of nitrogens with zero attached hydrogens (tertiary/aromatic N) is 3. The molecular weight excluding hydrogens is 460 g/mol. The number of nitrogens with one attached hydrogen (secondary N) is 1. The smallest absolute Gasteiger partial charge is 0.281 e. The zero-order chi connectivity index (χ0) is 24.1. The minimum atomic E-state index is -3.61. The number of sulfonamides is 1. The van der Waals surface area contributed by atoms with Crippen molar-refractivity contribution in [3.8, 4) is 0 Å². The first-order valence-electron chi connectivity index (χ1n) is 11.0. The molecule has 1 fully saturated rings. The van der Waals surface area contributed by atoms with E-state index in [2.05, 4.69) is 10.5 Å². The molecule has 1 saturated heterocycles. The number of morpholine rings is 1. The Labute approximate surface area is 198 Å². The maximum atomic E-state index is 12.7. The summed E-state index contributed by atoms with van der Waals surface area (Å²) in [5.74, 6) is -0.752. The van der Waals surface area contributed by atoms with E-state index in [-0.39, 0.29) is 16.5 Å². The maximum absolute atomic E-state index is 12.7. The summed E-state index contributed by atoms with van der Waals surface area (Å²) in [6.45, 7) is 3.49. The van der Waals surface area contributed by atoms with Gasteiger partial charge in [-0.1, -0.05) is 30.3 Å². The van der Waals surface area contributed by atoms with E-state index >= 15 is 0 Å². The fourth-order valence-corrected chi connectivity index (χ4v) is 5.20. The van der Waals surface area contributed by atoms with Gasteiger partial charge in [0.05, 0.1) is 23.8 Å². The van der Waals surface area contributed by atoms with Crippen LogP contribution in [0.4, 0.5) is 11.4 Å². The molecule has 1 N–H and O–H groups in total. The maximum Gasteiger partial charge on any atom is 0.281 e. The fourth-order valence-electron chi connectivity index (χ4n) is 3.79. The first kappa shape index (κ1) is 23.9. The minimum Gasteiger partial charge on any atom is -0.385 e. The van der Waals surface area contributed by atoms with E-state index in [0.29, 0.717) is 44.1 Å². The molecule has 2 heterocycles. The minimum absolute atomic E-state index is 0.144. The Morgan fingerprint density at radius 1 is 1.12 bits per heavy atom. The highest BCUT2D eigenvalue weighted by Crippen LogP contribution is 2.29. The molecule has 2 aliphatic heterocycles. The van der Waals surface area contributed by atoms with E-state index in [1.165, 1.54) is 28.6 Å². The van der Waals surface area contributed by atoms with Gasteiger partial charge in [0.1, 0.15) is 0 Å². The zero-order valence-electron chi connectivity index (χ0n) is 18.8. The molecule has 0 radical (unpaired) electrons. The van der Waals surface area contributed by atoms with Crippen LogP contribution in [0.1, 0.15) is 18.9 Å². The van der Waals surface area contributed by atoms with E-state index in [0.717, 1.165) is 12.1 Å². The number of amides is 2. The number of ether oxygens (including phenoxy) is 1. The number of fused-ring (bicyclic) bond motifs is 1. The first-order chi connectivity index (χ1) is 16.4. The van der Waals surface area contributed by atoms with Crippen LogP contribution in [-0.2, 0) is 29.2 Å². The normalized spacial score (nSPS) is 17.6. The summed E-state index contributed by atoms with van der Waals surface area (Å²) in [5.41, 5.74) is 2.01. The molecular formula is C23H26N4O6S. The number of hydrogen-bond donors (Lipinski definition) is 1. The van der Waals surface area contributed by atoms with Gasteiger partial charge in [0, 0.05) is 30.9 Å². The highest BCUT2D eigenvalue weighted by molar-refractivity contribution is 7.89. The topological polar surface area (TPSA) is 118 Å². The highest BCUT2D eigenvalue weighted by atomic mass is 32.2. The number of rotatable bonds is 8. The van der Waals surface area contributed by atoms with Gasteiger partial charge in [-0.3, -0.25) is 9.59 Å². The number of benzene rings is 2. The van der Waals surface area contributed by atoms with Crippen LogP contribution >= 0.6 is 0 Å². The van der Waals surface area contributed by atoms with Crippen LogP contribution in [-0.4, -0.2) is 69.7 Å². The average molecular weight is 487 g/mol. The quantitative estimate of drug-likeness (QED) is 0.569. The standard InChI is InChI=1S/C23H26N4O6S/c1-2-11-27-20-6-4-3-5-19(20)22(23(27)29)25-33-16-21(28)24-17-7-9-18(10-8-17)34(30,31)26-12-14-32-15-13-26/h3-10H,2,11-16H2,1H3,(H,24,28). The molecule has 10 nitrogen and oxygen atoms in total. The summed E-state index contributed by atoms with van der Waals surface area (Å²) in [6, 6.07) is 13.2. The third-order valence-electron chi connectivity index (χ3n) is 5.44. The Balaban J connectivity index is 1.35. The molecule has 2 amide bonds. The summed E-state index contributed by atoms with van der Waals surface area (Å²) < 4.78 is 31.9. The number of anilines is 2. The first-order valence-corrected chi connectivity index (χ1v) is 12.4. The van der Waals surface area contributed by atoms with E-state index in [4.69, 9.17) is 9.57 Å². The van der Waals surface area contributed by atoms with Gasteiger partial charge < -0.3 is 19.8 Å². The third kappa shape index (κ3) is 4.96. The Hall–Kier alpha value is -3.28. The second-order valence-corrected chi connectivity index (χ2v) is 9.71. The lowest BCUT2D eigenvalue weighted by atomic mass is 10.1. The summed E-state index contributed by atoms with van der Waals surface area (Å²) >= 11 is 0. The Morgan fingerprint density at radius 2 is 1.82 bits per heavy atom. The van der Waals surface area contributed by atoms with Gasteiger partial charge in [0.2, 0.25) is 10.0 Å². The second-order valence-electron chi connectivity index (χ2n) is 7.78. The molecule has 2 aliphatic rings. The summed E-state index contributed by atoms with van der Waals surface area (Å²) in [6.07, 6.45) is 0.795. The number of carbonyl (C=O) groups is 2. The summed E-state index contributed by atoms with van der Waals surface area (Å²) in [7, 11) is -3.61. The van der Waals surface area contributed by atoms with Crippen molar-refractivity contribution in [3.63, 3.8) is 0 Å². The number of para-hydroxylation sites is 1. The molecule has 2 aromatic carbocycles. The lowest BCUT2D eigenvalue weighted by Gasteiger charge is -2.26. The Bertz CT molecular complexity index is 1190. The van der Waals surface area contributed by atoms with E-state index in [1.807, 2.05) is 25.1 Å². The van der Waals surface area contributed by atoms with E-state index < -0.39 is 22.5 Å². The van der Waals surface area contributed by atoms with Crippen LogP contribution < -0.4 is 10.2 Å². The van der Waals surface area contributed by atoms with Gasteiger partial charge >= 0.3 is 0 Å². The van der Waals surface area contributed by atoms with Crippen molar-refractivity contribution < 1.29 is 27.6 Å². The molecule has 34 heavy (non-hydrogen) atoms. The Kier molecular flexibility index (Phi) is 7.25. The van der Waals surface area contributed by atoms with Crippen molar-refractivity contribution >= 4 is 38.9 Å². The van der Waals surface area contributed by atoms with Crippen LogP contribution in [0, 0.1) is 0 Å². The number of oxime groups is 1. The fraction of sp³-hybridized carbons (Fsp3) is 0.348. The third-order valence-corrected chi connectivity index (χ3v) is 7.36. The summed E-state index contributed by atoms with van der Waals surface area (Å²) in [5, 5.41) is 6.56. The van der Waals surface area contributed by atoms with E-state index in [9.17, 15) is 18.0 Å². The predicted molar refractivity (Wildman–Crippen MR) is 126 cm³/mol. The van der Waals surface area contributed by atoms with Crippen molar-refractivity contribution in [1.82, 2.24) is 4.31 Å². The predicted octanol–water partition coefficient (Wildman–Crippen LogP) is 1.82. The van der Waals surface area contributed by atoms with Crippen LogP contribution in [0.2, 0.25) is 0 Å². The molecule has 0 atom stereocenters. The van der Waals surface area contributed by atoms with Gasteiger partial charge in [0.25, 0.3) is 11.8 Å². The van der Waals surface area contributed by atoms with Crippen molar-refractivity contribution in [2.75, 3.05) is 49.7 Å². The molecule has 11 heteroatoms. The second kappa shape index (κ2) is 10.3. The Morgan fingerprint density at radius 3 is 2.53 bits per heavy atom. The molecule has 0 aromatic heterocycles. The van der Waals surface area contributed by atoms with Gasteiger partial charge in [-0.25, -0.2) is 8.42 Å². The molecule has 0 saturated carbocycles. The van der Waals surface area contributed by atoms with Crippen molar-refractivity contribution in [1.29, 1.82) is 0 Å². The SMILES string of the molecule is CCCN1C(=O)C(=NOCC(=O)Nc2ccc(S(=O)(=O)N3CCOCC3)cc2)c2ccccc21. The summed E-state index contributed by atoms with van der Waals surface area (Å²) in [4.78, 5) is 31.9. The van der Waals surface area contributed by atoms with Crippen LogP contribution in [0.25, 0.3) is 0 Å². The van der Waals surface area contributed by atoms with Gasteiger partial charge in [-0.2, -0.15) is 4.31 Å². The van der Waals surface area contributed by atoms with Gasteiger partial charge in [-0.15, -0.1) is 0 Å². The van der Waals surface area contributed by atoms with Gasteiger partial charge in [0.15, 0.2) is 12.3 Å². The molecule has 0 unspecified atom stereocenters. The van der Waals surface area contributed by atoms with Crippen molar-refractivity contribution in [2.45, 2.75) is 18.2 Å². The van der Waals surface area contributed by atoms with E-state index in [1.54, 1.807) is 11.0 Å². The van der Waals surface area contributed by atoms with Gasteiger partial charge in [-0.05, 0) is 36.8 Å².